The average molecular weight is 256 g/mol. The zero-order valence-corrected chi connectivity index (χ0v) is 10.2. The Balaban J connectivity index is 2.75. The Morgan fingerprint density at radius 2 is 2.12 bits per heavy atom. The zero-order chi connectivity index (χ0) is 12.9. The summed E-state index contributed by atoms with van der Waals surface area (Å²) in [5.74, 6) is -0.472. The van der Waals surface area contributed by atoms with Crippen LogP contribution in [0.4, 0.5) is 4.39 Å². The Morgan fingerprint density at radius 1 is 1.47 bits per heavy atom. The number of halogens is 1. The first kappa shape index (κ1) is 13.6. The normalized spacial score (nSPS) is 13.0. The van der Waals surface area contributed by atoms with Gasteiger partial charge in [-0.05, 0) is 12.5 Å². The van der Waals surface area contributed by atoms with Gasteiger partial charge in [-0.2, -0.15) is 5.26 Å². The molecule has 0 fully saturated rings. The number of nitrogens with one attached hydrogen (secondary N) is 1. The van der Waals surface area contributed by atoms with E-state index in [2.05, 4.69) is 4.72 Å². The molecular formula is C11H13FN2O2S. The molecule has 1 unspecified atom stereocenters. The van der Waals surface area contributed by atoms with E-state index in [-0.39, 0.29) is 18.5 Å². The van der Waals surface area contributed by atoms with Crippen LogP contribution in [0.1, 0.15) is 18.9 Å². The summed E-state index contributed by atoms with van der Waals surface area (Å²) in [5, 5.41) is 7.57. The predicted octanol–water partition coefficient (Wildman–Crippen LogP) is 1.55. The maximum absolute atomic E-state index is 13.2. The molecule has 1 aromatic carbocycles. The minimum atomic E-state index is -3.72. The van der Waals surface area contributed by atoms with Crippen molar-refractivity contribution in [3.8, 4) is 6.07 Å². The number of hydrogen-bond acceptors (Lipinski definition) is 3. The standard InChI is InChI=1S/C11H13FN2O2S/c1-2-10(7-13)17(15,16)14-8-9-5-3-4-6-11(9)12/h3-6,10,14H,2,8H2,1H3. The second-order valence-electron chi connectivity index (χ2n) is 3.48. The number of rotatable bonds is 5. The summed E-state index contributed by atoms with van der Waals surface area (Å²) < 4.78 is 38.7. The molecule has 0 saturated heterocycles. The van der Waals surface area contributed by atoms with Crippen LogP contribution < -0.4 is 4.72 Å². The second kappa shape index (κ2) is 5.75. The lowest BCUT2D eigenvalue weighted by Gasteiger charge is -2.10. The third-order valence-corrected chi connectivity index (χ3v) is 4.05. The van der Waals surface area contributed by atoms with Gasteiger partial charge in [0, 0.05) is 12.1 Å². The van der Waals surface area contributed by atoms with Crippen LogP contribution in [0.25, 0.3) is 0 Å². The first-order valence-corrected chi connectivity index (χ1v) is 6.67. The van der Waals surface area contributed by atoms with E-state index in [0.29, 0.717) is 0 Å². The lowest BCUT2D eigenvalue weighted by Crippen LogP contribution is -2.32. The van der Waals surface area contributed by atoms with Crippen molar-refractivity contribution >= 4 is 10.0 Å². The fourth-order valence-electron chi connectivity index (χ4n) is 1.30. The van der Waals surface area contributed by atoms with Crippen LogP contribution >= 0.6 is 0 Å². The van der Waals surface area contributed by atoms with Crippen LogP contribution in [0.3, 0.4) is 0 Å². The van der Waals surface area contributed by atoms with E-state index in [0.717, 1.165) is 0 Å². The van der Waals surface area contributed by atoms with Gasteiger partial charge in [0.2, 0.25) is 10.0 Å². The van der Waals surface area contributed by atoms with Gasteiger partial charge >= 0.3 is 0 Å². The molecule has 0 aliphatic heterocycles. The Labute approximate surface area is 100 Å². The van der Waals surface area contributed by atoms with Crippen LogP contribution in [0.15, 0.2) is 24.3 Å². The van der Waals surface area contributed by atoms with Gasteiger partial charge in [0.05, 0.1) is 6.07 Å². The molecule has 0 bridgehead atoms. The van der Waals surface area contributed by atoms with Gasteiger partial charge in [0.1, 0.15) is 5.82 Å². The Bertz CT molecular complexity index is 523. The molecule has 0 amide bonds. The molecule has 1 atom stereocenters. The molecule has 0 heterocycles. The van der Waals surface area contributed by atoms with E-state index in [1.807, 2.05) is 0 Å². The number of nitriles is 1. The quantitative estimate of drug-likeness (QED) is 0.868. The zero-order valence-electron chi connectivity index (χ0n) is 9.35. The largest absolute Gasteiger partial charge is 0.228 e. The molecule has 0 saturated carbocycles. The molecule has 92 valence electrons. The lowest BCUT2D eigenvalue weighted by molar-refractivity contribution is 0.566. The highest BCUT2D eigenvalue weighted by Gasteiger charge is 2.22. The van der Waals surface area contributed by atoms with Crippen LogP contribution in [-0.2, 0) is 16.6 Å². The summed E-state index contributed by atoms with van der Waals surface area (Å²) in [6, 6.07) is 7.59. The van der Waals surface area contributed by atoms with Gasteiger partial charge in [-0.3, -0.25) is 0 Å². The smallest absolute Gasteiger partial charge is 0.211 e. The molecule has 0 spiro atoms. The van der Waals surface area contributed by atoms with Gasteiger partial charge in [-0.15, -0.1) is 0 Å². The maximum atomic E-state index is 13.2. The molecular weight excluding hydrogens is 243 g/mol. The summed E-state index contributed by atoms with van der Waals surface area (Å²) in [5.41, 5.74) is 0.254. The van der Waals surface area contributed by atoms with Crippen molar-refractivity contribution in [2.24, 2.45) is 0 Å². The number of benzene rings is 1. The number of nitrogens with zero attached hydrogens (tertiary/aromatic N) is 1. The van der Waals surface area contributed by atoms with E-state index >= 15 is 0 Å². The van der Waals surface area contributed by atoms with Crippen molar-refractivity contribution in [2.45, 2.75) is 25.1 Å². The minimum absolute atomic E-state index is 0.146. The fourth-order valence-corrected chi connectivity index (χ4v) is 2.44. The summed E-state index contributed by atoms with van der Waals surface area (Å²) in [6.07, 6.45) is 0.198. The summed E-state index contributed by atoms with van der Waals surface area (Å²) in [4.78, 5) is 0. The van der Waals surface area contributed by atoms with Crippen molar-refractivity contribution in [1.29, 1.82) is 5.26 Å². The van der Waals surface area contributed by atoms with Crippen LogP contribution in [0.2, 0.25) is 0 Å². The Morgan fingerprint density at radius 3 is 2.65 bits per heavy atom. The molecule has 0 aromatic heterocycles. The predicted molar refractivity (Wildman–Crippen MR) is 61.9 cm³/mol. The van der Waals surface area contributed by atoms with E-state index < -0.39 is 21.1 Å². The highest BCUT2D eigenvalue weighted by atomic mass is 32.2. The lowest BCUT2D eigenvalue weighted by atomic mass is 10.2. The molecule has 1 rings (SSSR count). The summed E-state index contributed by atoms with van der Waals surface area (Å²) in [7, 11) is -3.72. The van der Waals surface area contributed by atoms with Gasteiger partial charge < -0.3 is 0 Å². The van der Waals surface area contributed by atoms with Gasteiger partial charge in [-0.25, -0.2) is 17.5 Å². The maximum Gasteiger partial charge on any atom is 0.228 e. The first-order valence-electron chi connectivity index (χ1n) is 5.12. The molecule has 0 aliphatic rings. The Hall–Kier alpha value is -1.45. The fraction of sp³-hybridized carbons (Fsp3) is 0.364. The number of hydrogen-bond donors (Lipinski definition) is 1. The second-order valence-corrected chi connectivity index (χ2v) is 5.43. The number of sulfonamides is 1. The topological polar surface area (TPSA) is 70.0 Å². The molecule has 17 heavy (non-hydrogen) atoms. The van der Waals surface area contributed by atoms with Gasteiger partial charge in [0.15, 0.2) is 5.25 Å². The average Bonchev–Trinajstić information content (AvgIpc) is 2.29. The van der Waals surface area contributed by atoms with E-state index in [1.165, 1.54) is 18.2 Å². The van der Waals surface area contributed by atoms with Crippen molar-refractivity contribution in [2.75, 3.05) is 0 Å². The van der Waals surface area contributed by atoms with E-state index in [4.69, 9.17) is 5.26 Å². The van der Waals surface area contributed by atoms with Crippen LogP contribution in [0, 0.1) is 17.1 Å². The van der Waals surface area contributed by atoms with Crippen LogP contribution in [-0.4, -0.2) is 13.7 Å². The molecule has 0 radical (unpaired) electrons. The third kappa shape index (κ3) is 3.51. The van der Waals surface area contributed by atoms with Gasteiger partial charge in [0.25, 0.3) is 0 Å². The Kier molecular flexibility index (Phi) is 4.61. The van der Waals surface area contributed by atoms with Crippen molar-refractivity contribution in [3.63, 3.8) is 0 Å². The molecule has 1 N–H and O–H groups in total. The third-order valence-electron chi connectivity index (χ3n) is 2.31. The van der Waals surface area contributed by atoms with E-state index in [1.54, 1.807) is 19.1 Å². The SMILES string of the molecule is CCC(C#N)S(=O)(=O)NCc1ccccc1F. The molecule has 0 aliphatic carbocycles. The van der Waals surface area contributed by atoms with E-state index in [9.17, 15) is 12.8 Å². The molecule has 1 aromatic rings. The highest BCUT2D eigenvalue weighted by Crippen LogP contribution is 2.08. The monoisotopic (exact) mass is 256 g/mol. The van der Waals surface area contributed by atoms with Crippen molar-refractivity contribution in [1.82, 2.24) is 4.72 Å². The summed E-state index contributed by atoms with van der Waals surface area (Å²) >= 11 is 0. The highest BCUT2D eigenvalue weighted by molar-refractivity contribution is 7.90. The first-order chi connectivity index (χ1) is 8.01. The van der Waals surface area contributed by atoms with Crippen LogP contribution in [0.5, 0.6) is 0 Å². The molecule has 4 nitrogen and oxygen atoms in total. The van der Waals surface area contributed by atoms with Gasteiger partial charge in [-0.1, -0.05) is 25.1 Å². The molecule has 6 heteroatoms. The summed E-state index contributed by atoms with van der Waals surface area (Å²) in [6.45, 7) is 1.46. The van der Waals surface area contributed by atoms with Crippen molar-refractivity contribution < 1.29 is 12.8 Å². The van der Waals surface area contributed by atoms with Crippen molar-refractivity contribution in [3.05, 3.63) is 35.6 Å². The minimum Gasteiger partial charge on any atom is -0.211 e.